The fourth-order valence-electron chi connectivity index (χ4n) is 2.30. The van der Waals surface area contributed by atoms with Crippen molar-refractivity contribution in [3.8, 4) is 0 Å². The van der Waals surface area contributed by atoms with Crippen molar-refractivity contribution in [2.75, 3.05) is 19.6 Å². The van der Waals surface area contributed by atoms with Crippen LogP contribution in [0.5, 0.6) is 0 Å². The molecule has 94 valence electrons. The molecule has 1 aliphatic carbocycles. The number of aliphatic hydroxyl groups is 1. The van der Waals surface area contributed by atoms with Crippen molar-refractivity contribution in [3.63, 3.8) is 0 Å². The molecule has 1 heterocycles. The summed E-state index contributed by atoms with van der Waals surface area (Å²) in [5, 5.41) is 15.6. The second kappa shape index (κ2) is 5.34. The molecule has 2 aliphatic rings. The van der Waals surface area contributed by atoms with E-state index in [9.17, 15) is 9.90 Å². The summed E-state index contributed by atoms with van der Waals surface area (Å²) in [6.45, 7) is 4.08. The number of hydrogen-bond acceptors (Lipinski definition) is 3. The summed E-state index contributed by atoms with van der Waals surface area (Å²) in [4.78, 5) is 11.8. The van der Waals surface area contributed by atoms with Gasteiger partial charge in [-0.2, -0.15) is 0 Å². The van der Waals surface area contributed by atoms with Crippen LogP contribution >= 0.6 is 12.4 Å². The summed E-state index contributed by atoms with van der Waals surface area (Å²) in [6, 6.07) is 0. The highest BCUT2D eigenvalue weighted by Gasteiger charge is 2.39. The van der Waals surface area contributed by atoms with Crippen LogP contribution in [0.25, 0.3) is 0 Å². The number of β-amino-alcohol motifs (C(OH)–C–C–N with tert-alkyl or cyclic N) is 1. The first-order valence-electron chi connectivity index (χ1n) is 5.79. The van der Waals surface area contributed by atoms with Gasteiger partial charge in [-0.25, -0.2) is 0 Å². The van der Waals surface area contributed by atoms with Gasteiger partial charge in [-0.3, -0.25) is 4.79 Å². The maximum Gasteiger partial charge on any atom is 0.225 e. The normalized spacial score (nSPS) is 31.4. The average molecular weight is 249 g/mol. The van der Waals surface area contributed by atoms with E-state index in [1.165, 1.54) is 0 Å². The largest absolute Gasteiger partial charge is 0.391 e. The summed E-state index contributed by atoms with van der Waals surface area (Å²) >= 11 is 0. The Hall–Kier alpha value is -0.320. The Morgan fingerprint density at radius 1 is 1.50 bits per heavy atom. The molecule has 0 aromatic heterocycles. The molecule has 4 nitrogen and oxygen atoms in total. The lowest BCUT2D eigenvalue weighted by atomic mass is 9.70. The molecule has 2 fully saturated rings. The van der Waals surface area contributed by atoms with Crippen LogP contribution in [-0.2, 0) is 4.79 Å². The van der Waals surface area contributed by atoms with Gasteiger partial charge in [-0.1, -0.05) is 13.3 Å². The zero-order valence-corrected chi connectivity index (χ0v) is 10.5. The highest BCUT2D eigenvalue weighted by molar-refractivity contribution is 5.85. The molecule has 2 unspecified atom stereocenters. The Balaban J connectivity index is 0.00000128. The van der Waals surface area contributed by atoms with E-state index in [2.05, 4.69) is 10.6 Å². The van der Waals surface area contributed by atoms with Gasteiger partial charge in [0.2, 0.25) is 5.91 Å². The number of carbonyl (C=O) groups excluding carboxylic acids is 1. The average Bonchev–Trinajstić information content (AvgIpc) is 2.56. The SMILES string of the molecule is CC1(C(=O)NCC2CNCC2O)CCC1.Cl. The van der Waals surface area contributed by atoms with Gasteiger partial charge in [-0.15, -0.1) is 12.4 Å². The van der Waals surface area contributed by atoms with Crippen molar-refractivity contribution in [1.29, 1.82) is 0 Å². The number of halogens is 1. The number of nitrogens with one attached hydrogen (secondary N) is 2. The van der Waals surface area contributed by atoms with Crippen LogP contribution < -0.4 is 10.6 Å². The monoisotopic (exact) mass is 248 g/mol. The van der Waals surface area contributed by atoms with E-state index in [4.69, 9.17) is 0 Å². The fraction of sp³-hybridized carbons (Fsp3) is 0.909. The summed E-state index contributed by atoms with van der Waals surface area (Å²) in [5.41, 5.74) is -0.128. The second-order valence-corrected chi connectivity index (χ2v) is 5.11. The zero-order valence-electron chi connectivity index (χ0n) is 9.66. The van der Waals surface area contributed by atoms with Gasteiger partial charge in [0.25, 0.3) is 0 Å². The third kappa shape index (κ3) is 2.67. The summed E-state index contributed by atoms with van der Waals surface area (Å²) < 4.78 is 0. The standard InChI is InChI=1S/C11H20N2O2.ClH/c1-11(3-2-4-11)10(15)13-6-8-5-12-7-9(8)14;/h8-9,12,14H,2-7H2,1H3,(H,13,15);1H. The molecule has 0 spiro atoms. The molecule has 1 amide bonds. The Kier molecular flexibility index (Phi) is 4.59. The highest BCUT2D eigenvalue weighted by atomic mass is 35.5. The van der Waals surface area contributed by atoms with Crippen molar-refractivity contribution in [1.82, 2.24) is 10.6 Å². The molecule has 0 aromatic carbocycles. The molecule has 0 radical (unpaired) electrons. The molecule has 0 bridgehead atoms. The number of amides is 1. The summed E-state index contributed by atoms with van der Waals surface area (Å²) in [5.74, 6) is 0.338. The minimum atomic E-state index is -0.306. The molecule has 16 heavy (non-hydrogen) atoms. The van der Waals surface area contributed by atoms with Crippen LogP contribution in [0.1, 0.15) is 26.2 Å². The van der Waals surface area contributed by atoms with Crippen molar-refractivity contribution >= 4 is 18.3 Å². The molecule has 0 aromatic rings. The van der Waals surface area contributed by atoms with E-state index >= 15 is 0 Å². The molecule has 2 atom stereocenters. The van der Waals surface area contributed by atoms with Gasteiger partial charge < -0.3 is 15.7 Å². The third-order valence-electron chi connectivity index (χ3n) is 3.83. The molecule has 1 saturated carbocycles. The van der Waals surface area contributed by atoms with E-state index < -0.39 is 0 Å². The van der Waals surface area contributed by atoms with Crippen LogP contribution in [0.2, 0.25) is 0 Å². The van der Waals surface area contributed by atoms with Crippen LogP contribution in [0.4, 0.5) is 0 Å². The van der Waals surface area contributed by atoms with Gasteiger partial charge in [0, 0.05) is 31.0 Å². The first-order chi connectivity index (χ1) is 7.12. The predicted molar refractivity (Wildman–Crippen MR) is 64.6 cm³/mol. The van der Waals surface area contributed by atoms with Crippen LogP contribution in [0.15, 0.2) is 0 Å². The first-order valence-corrected chi connectivity index (χ1v) is 5.79. The molecule has 2 rings (SSSR count). The van der Waals surface area contributed by atoms with Crippen molar-refractivity contribution in [2.45, 2.75) is 32.3 Å². The van der Waals surface area contributed by atoms with E-state index in [0.29, 0.717) is 13.1 Å². The molecule has 1 aliphatic heterocycles. The zero-order chi connectivity index (χ0) is 10.9. The number of aliphatic hydroxyl groups excluding tert-OH is 1. The Labute approximate surface area is 103 Å². The topological polar surface area (TPSA) is 61.4 Å². The maximum absolute atomic E-state index is 11.8. The summed E-state index contributed by atoms with van der Waals surface area (Å²) in [7, 11) is 0. The second-order valence-electron chi connectivity index (χ2n) is 5.11. The van der Waals surface area contributed by atoms with Gasteiger partial charge in [0.15, 0.2) is 0 Å². The van der Waals surface area contributed by atoms with Crippen LogP contribution in [-0.4, -0.2) is 36.8 Å². The minimum Gasteiger partial charge on any atom is -0.391 e. The molecule has 5 heteroatoms. The number of rotatable bonds is 3. The maximum atomic E-state index is 11.8. The Morgan fingerprint density at radius 3 is 2.62 bits per heavy atom. The van der Waals surface area contributed by atoms with E-state index in [1.807, 2.05) is 6.92 Å². The quantitative estimate of drug-likeness (QED) is 0.673. The highest BCUT2D eigenvalue weighted by Crippen LogP contribution is 2.40. The lowest BCUT2D eigenvalue weighted by Gasteiger charge is -2.36. The molecule has 3 N–H and O–H groups in total. The van der Waals surface area contributed by atoms with Gasteiger partial charge in [0.1, 0.15) is 0 Å². The van der Waals surface area contributed by atoms with E-state index in [1.54, 1.807) is 0 Å². The van der Waals surface area contributed by atoms with Crippen molar-refractivity contribution in [2.24, 2.45) is 11.3 Å². The van der Waals surface area contributed by atoms with Crippen molar-refractivity contribution in [3.05, 3.63) is 0 Å². The third-order valence-corrected chi connectivity index (χ3v) is 3.83. The van der Waals surface area contributed by atoms with Crippen molar-refractivity contribution < 1.29 is 9.90 Å². The lowest BCUT2D eigenvalue weighted by Crippen LogP contribution is -2.46. The predicted octanol–water partition coefficient (Wildman–Crippen LogP) is 0.295. The lowest BCUT2D eigenvalue weighted by molar-refractivity contribution is -0.134. The van der Waals surface area contributed by atoms with Gasteiger partial charge in [-0.05, 0) is 12.8 Å². The number of carbonyl (C=O) groups is 1. The van der Waals surface area contributed by atoms with E-state index in [0.717, 1.165) is 25.8 Å². The number of hydrogen-bond donors (Lipinski definition) is 3. The van der Waals surface area contributed by atoms with E-state index in [-0.39, 0.29) is 35.8 Å². The molecule has 1 saturated heterocycles. The Morgan fingerprint density at radius 2 is 2.19 bits per heavy atom. The fourth-order valence-corrected chi connectivity index (χ4v) is 2.30. The van der Waals surface area contributed by atoms with Gasteiger partial charge >= 0.3 is 0 Å². The van der Waals surface area contributed by atoms with Crippen LogP contribution in [0.3, 0.4) is 0 Å². The Bertz CT molecular complexity index is 256. The van der Waals surface area contributed by atoms with Crippen LogP contribution in [0, 0.1) is 11.3 Å². The minimum absolute atomic E-state index is 0. The summed E-state index contributed by atoms with van der Waals surface area (Å²) in [6.07, 6.45) is 2.87. The molecular weight excluding hydrogens is 228 g/mol. The smallest absolute Gasteiger partial charge is 0.225 e. The van der Waals surface area contributed by atoms with Gasteiger partial charge in [0.05, 0.1) is 6.10 Å². The molecular formula is C11H21ClN2O2. The first kappa shape index (κ1) is 13.7.